The fourth-order valence-corrected chi connectivity index (χ4v) is 1.41. The van der Waals surface area contributed by atoms with Crippen LogP contribution >= 0.6 is 0 Å². The minimum Gasteiger partial charge on any atom is -0.296 e. The number of aliphatic imine (C=N–C) groups is 1. The van der Waals surface area contributed by atoms with E-state index in [1.165, 1.54) is 12.1 Å². The summed E-state index contributed by atoms with van der Waals surface area (Å²) < 4.78 is 14.7. The second-order valence-electron chi connectivity index (χ2n) is 3.35. The zero-order chi connectivity index (χ0) is 11.5. The molecule has 0 amide bonds. The number of hydrogen-bond acceptors (Lipinski definition) is 3. The quantitative estimate of drug-likeness (QED) is 0.725. The molecule has 4 nitrogen and oxygen atoms in total. The van der Waals surface area contributed by atoms with Crippen LogP contribution in [-0.2, 0) is 0 Å². The Kier molecular flexibility index (Phi) is 2.76. The van der Waals surface area contributed by atoms with Crippen molar-refractivity contribution in [2.75, 3.05) is 7.05 Å². The van der Waals surface area contributed by atoms with Crippen LogP contribution in [0.5, 0.6) is 0 Å². The Balaban J connectivity index is 2.56. The van der Waals surface area contributed by atoms with Crippen molar-refractivity contribution < 1.29 is 4.39 Å². The van der Waals surface area contributed by atoms with Gasteiger partial charge in [0, 0.05) is 25.0 Å². The van der Waals surface area contributed by atoms with Crippen molar-refractivity contribution in [3.8, 4) is 0 Å². The number of fused-ring (bicyclic) bond motifs is 1. The fourth-order valence-electron chi connectivity index (χ4n) is 1.41. The van der Waals surface area contributed by atoms with E-state index in [1.807, 2.05) is 6.92 Å². The molecule has 1 aromatic carbocycles. The third kappa shape index (κ3) is 1.84. The normalized spacial score (nSPS) is 12.8. The maximum absolute atomic E-state index is 13.1. The monoisotopic (exact) mass is 218 g/mol. The molecule has 0 bridgehead atoms. The molecule has 82 valence electrons. The smallest absolute Gasteiger partial charge is 0.125 e. The van der Waals surface area contributed by atoms with Crippen molar-refractivity contribution in [3.05, 3.63) is 30.1 Å². The van der Waals surface area contributed by atoms with Gasteiger partial charge < -0.3 is 0 Å². The average molecular weight is 218 g/mol. The fraction of sp³-hybridized carbons (Fsp3) is 0.182. The predicted octanol–water partition coefficient (Wildman–Crippen LogP) is 2.13. The van der Waals surface area contributed by atoms with Gasteiger partial charge in [-0.15, -0.1) is 5.10 Å². The van der Waals surface area contributed by atoms with E-state index in [9.17, 15) is 4.39 Å². The van der Waals surface area contributed by atoms with E-state index in [2.05, 4.69) is 15.3 Å². The Morgan fingerprint density at radius 1 is 1.50 bits per heavy atom. The minimum absolute atomic E-state index is 0.298. The van der Waals surface area contributed by atoms with Gasteiger partial charge in [0.2, 0.25) is 0 Å². The number of benzene rings is 1. The van der Waals surface area contributed by atoms with Gasteiger partial charge in [0.25, 0.3) is 0 Å². The summed E-state index contributed by atoms with van der Waals surface area (Å²) in [6.07, 6.45) is 3.45. The number of rotatable bonds is 2. The Bertz CT molecular complexity index is 568. The van der Waals surface area contributed by atoms with E-state index < -0.39 is 0 Å². The van der Waals surface area contributed by atoms with E-state index in [-0.39, 0.29) is 5.82 Å². The lowest BCUT2D eigenvalue weighted by molar-refractivity contribution is 0.629. The van der Waals surface area contributed by atoms with E-state index in [4.69, 9.17) is 0 Å². The molecular weight excluding hydrogens is 207 g/mol. The van der Waals surface area contributed by atoms with Crippen LogP contribution in [0, 0.1) is 5.82 Å². The van der Waals surface area contributed by atoms with Gasteiger partial charge in [-0.3, -0.25) is 4.99 Å². The maximum atomic E-state index is 13.1. The second kappa shape index (κ2) is 4.22. The van der Waals surface area contributed by atoms with Gasteiger partial charge in [-0.2, -0.15) is 0 Å². The molecule has 1 heterocycles. The Hall–Kier alpha value is -2.04. The van der Waals surface area contributed by atoms with Crippen molar-refractivity contribution in [3.63, 3.8) is 0 Å². The molecule has 0 radical (unpaired) electrons. The second-order valence-corrected chi connectivity index (χ2v) is 3.35. The summed E-state index contributed by atoms with van der Waals surface area (Å²) in [6, 6.07) is 4.39. The SMILES string of the molecule is C/N=C\C=C(/C)n1nnc2ccc(F)cc21. The number of halogens is 1. The molecule has 0 aliphatic rings. The van der Waals surface area contributed by atoms with Crippen LogP contribution in [-0.4, -0.2) is 28.3 Å². The van der Waals surface area contributed by atoms with Gasteiger partial charge in [0.05, 0.1) is 5.52 Å². The van der Waals surface area contributed by atoms with Gasteiger partial charge in [0.15, 0.2) is 0 Å². The molecular formula is C11H11FN4. The van der Waals surface area contributed by atoms with E-state index >= 15 is 0 Å². The lowest BCUT2D eigenvalue weighted by Crippen LogP contribution is -1.96. The predicted molar refractivity (Wildman–Crippen MR) is 61.8 cm³/mol. The molecule has 0 N–H and O–H groups in total. The van der Waals surface area contributed by atoms with Crippen molar-refractivity contribution in [2.45, 2.75) is 6.92 Å². The molecule has 0 aliphatic heterocycles. The van der Waals surface area contributed by atoms with Crippen molar-refractivity contribution in [2.24, 2.45) is 4.99 Å². The Labute approximate surface area is 92.1 Å². The number of nitrogens with zero attached hydrogens (tertiary/aromatic N) is 4. The molecule has 0 aliphatic carbocycles. The first kappa shape index (κ1) is 10.5. The molecule has 0 atom stereocenters. The van der Waals surface area contributed by atoms with Crippen LogP contribution in [0.4, 0.5) is 4.39 Å². The average Bonchev–Trinajstić information content (AvgIpc) is 2.68. The summed E-state index contributed by atoms with van der Waals surface area (Å²) in [4.78, 5) is 3.85. The van der Waals surface area contributed by atoms with Gasteiger partial charge in [-0.05, 0) is 25.1 Å². The lowest BCUT2D eigenvalue weighted by Gasteiger charge is -2.00. The molecule has 2 aromatic rings. The summed E-state index contributed by atoms with van der Waals surface area (Å²) in [5.41, 5.74) is 2.15. The molecule has 16 heavy (non-hydrogen) atoms. The summed E-state index contributed by atoms with van der Waals surface area (Å²) in [7, 11) is 1.68. The zero-order valence-corrected chi connectivity index (χ0v) is 9.05. The van der Waals surface area contributed by atoms with Crippen molar-refractivity contribution in [1.29, 1.82) is 0 Å². The molecule has 0 unspecified atom stereocenters. The van der Waals surface area contributed by atoms with Crippen LogP contribution < -0.4 is 0 Å². The number of hydrogen-bond donors (Lipinski definition) is 0. The summed E-state index contributed by atoms with van der Waals surface area (Å²) >= 11 is 0. The van der Waals surface area contributed by atoms with Crippen LogP contribution in [0.15, 0.2) is 29.3 Å². The molecule has 0 spiro atoms. The standard InChI is InChI=1S/C11H11FN4/c1-8(5-6-13-2)16-11-7-9(12)3-4-10(11)14-15-16/h3-7H,1-2H3/b8-5+,13-6-. The minimum atomic E-state index is -0.298. The number of allylic oxidation sites excluding steroid dienone is 2. The Morgan fingerprint density at radius 2 is 2.31 bits per heavy atom. The van der Waals surface area contributed by atoms with Crippen molar-refractivity contribution >= 4 is 22.9 Å². The molecule has 0 saturated carbocycles. The van der Waals surface area contributed by atoms with E-state index in [0.29, 0.717) is 11.0 Å². The van der Waals surface area contributed by atoms with Gasteiger partial charge in [0.1, 0.15) is 11.3 Å². The third-order valence-corrected chi connectivity index (χ3v) is 2.21. The lowest BCUT2D eigenvalue weighted by atomic mass is 10.3. The maximum Gasteiger partial charge on any atom is 0.125 e. The third-order valence-electron chi connectivity index (χ3n) is 2.21. The van der Waals surface area contributed by atoms with Gasteiger partial charge in [-0.25, -0.2) is 9.07 Å². The van der Waals surface area contributed by atoms with Gasteiger partial charge in [-0.1, -0.05) is 5.21 Å². The molecule has 0 fully saturated rings. The topological polar surface area (TPSA) is 43.1 Å². The summed E-state index contributed by atoms with van der Waals surface area (Å²) in [6.45, 7) is 1.86. The largest absolute Gasteiger partial charge is 0.296 e. The first-order valence-electron chi connectivity index (χ1n) is 4.83. The highest BCUT2D eigenvalue weighted by atomic mass is 19.1. The zero-order valence-electron chi connectivity index (χ0n) is 9.05. The molecule has 1 aromatic heterocycles. The van der Waals surface area contributed by atoms with Crippen LogP contribution in [0.3, 0.4) is 0 Å². The van der Waals surface area contributed by atoms with Crippen LogP contribution in [0.1, 0.15) is 6.92 Å². The van der Waals surface area contributed by atoms with E-state index in [0.717, 1.165) is 5.70 Å². The van der Waals surface area contributed by atoms with Gasteiger partial charge >= 0.3 is 0 Å². The highest BCUT2D eigenvalue weighted by Gasteiger charge is 2.06. The molecule has 0 saturated heterocycles. The number of aromatic nitrogens is 3. The highest BCUT2D eigenvalue weighted by molar-refractivity contribution is 5.83. The summed E-state index contributed by atoms with van der Waals surface area (Å²) in [5, 5.41) is 7.91. The highest BCUT2D eigenvalue weighted by Crippen LogP contribution is 2.15. The first-order chi connectivity index (χ1) is 7.72. The van der Waals surface area contributed by atoms with Crippen LogP contribution in [0.25, 0.3) is 16.7 Å². The first-order valence-corrected chi connectivity index (χ1v) is 4.83. The Morgan fingerprint density at radius 3 is 3.06 bits per heavy atom. The summed E-state index contributed by atoms with van der Waals surface area (Å²) in [5.74, 6) is -0.298. The van der Waals surface area contributed by atoms with Crippen molar-refractivity contribution in [1.82, 2.24) is 15.0 Å². The van der Waals surface area contributed by atoms with Crippen LogP contribution in [0.2, 0.25) is 0 Å². The molecule has 5 heteroatoms. The molecule has 2 rings (SSSR count). The van der Waals surface area contributed by atoms with E-state index in [1.54, 1.807) is 30.1 Å².